The Kier molecular flexibility index (Phi) is 6.21. The molecule has 1 aromatic rings. The van der Waals surface area contributed by atoms with Gasteiger partial charge in [-0.2, -0.15) is 0 Å². The summed E-state index contributed by atoms with van der Waals surface area (Å²) in [6.07, 6.45) is 2.42. The molecular formula is C17H27N3O. The number of likely N-dealkylation sites (tertiary alicyclic amines) is 1. The summed E-state index contributed by atoms with van der Waals surface area (Å²) in [6.45, 7) is 9.23. The average molecular weight is 289 g/mol. The minimum Gasteiger partial charge on any atom is -0.351 e. The fourth-order valence-electron chi connectivity index (χ4n) is 2.83. The molecule has 0 unspecified atom stereocenters. The lowest BCUT2D eigenvalue weighted by molar-refractivity contribution is 0.0952. The fraction of sp³-hybridized carbons (Fsp3) is 0.588. The van der Waals surface area contributed by atoms with Gasteiger partial charge in [0.1, 0.15) is 0 Å². The van der Waals surface area contributed by atoms with Gasteiger partial charge in [-0.15, -0.1) is 0 Å². The molecule has 1 fully saturated rings. The average Bonchev–Trinajstić information content (AvgIpc) is 2.52. The molecule has 0 saturated carbocycles. The fourth-order valence-corrected chi connectivity index (χ4v) is 2.83. The Morgan fingerprint density at radius 3 is 2.62 bits per heavy atom. The van der Waals surface area contributed by atoms with Crippen molar-refractivity contribution in [2.24, 2.45) is 0 Å². The van der Waals surface area contributed by atoms with E-state index >= 15 is 0 Å². The number of rotatable bonds is 6. The Labute approximate surface area is 127 Å². The highest BCUT2D eigenvalue weighted by atomic mass is 16.1. The zero-order valence-corrected chi connectivity index (χ0v) is 13.2. The van der Waals surface area contributed by atoms with E-state index in [0.717, 1.165) is 24.2 Å². The van der Waals surface area contributed by atoms with Gasteiger partial charge in [-0.05, 0) is 51.0 Å². The van der Waals surface area contributed by atoms with Crippen molar-refractivity contribution in [2.45, 2.75) is 32.7 Å². The first-order chi connectivity index (χ1) is 10.2. The Morgan fingerprint density at radius 1 is 1.24 bits per heavy atom. The topological polar surface area (TPSA) is 44.4 Å². The van der Waals surface area contributed by atoms with Crippen LogP contribution in [0, 0.1) is 6.92 Å². The summed E-state index contributed by atoms with van der Waals surface area (Å²) in [6, 6.07) is 8.30. The molecule has 0 aromatic heterocycles. The van der Waals surface area contributed by atoms with Gasteiger partial charge in [0.25, 0.3) is 5.91 Å². The van der Waals surface area contributed by atoms with E-state index in [1.165, 1.54) is 25.9 Å². The maximum absolute atomic E-state index is 12.1. The van der Waals surface area contributed by atoms with Gasteiger partial charge in [-0.3, -0.25) is 4.79 Å². The Balaban J connectivity index is 1.64. The molecular weight excluding hydrogens is 262 g/mol. The van der Waals surface area contributed by atoms with Crippen molar-refractivity contribution in [3.05, 3.63) is 35.4 Å². The lowest BCUT2D eigenvalue weighted by Gasteiger charge is -2.31. The second-order valence-electron chi connectivity index (χ2n) is 5.73. The molecule has 4 heteroatoms. The van der Waals surface area contributed by atoms with Gasteiger partial charge >= 0.3 is 0 Å². The number of carbonyl (C=O) groups is 1. The third kappa shape index (κ3) is 4.83. The van der Waals surface area contributed by atoms with Gasteiger partial charge < -0.3 is 15.5 Å². The van der Waals surface area contributed by atoms with E-state index in [0.29, 0.717) is 12.6 Å². The molecule has 1 heterocycles. The first-order valence-corrected chi connectivity index (χ1v) is 8.00. The number of nitrogens with zero attached hydrogens (tertiary/aromatic N) is 1. The quantitative estimate of drug-likeness (QED) is 0.785. The lowest BCUT2D eigenvalue weighted by atomic mass is 10.1. The SMILES string of the molecule is CCN1CCC(NCCNC(=O)c2ccccc2C)CC1. The van der Waals surface area contributed by atoms with E-state index in [9.17, 15) is 4.79 Å². The number of hydrogen-bond donors (Lipinski definition) is 2. The van der Waals surface area contributed by atoms with Crippen LogP contribution in [-0.2, 0) is 0 Å². The zero-order valence-electron chi connectivity index (χ0n) is 13.2. The van der Waals surface area contributed by atoms with Crippen LogP contribution in [0.5, 0.6) is 0 Å². The number of nitrogens with one attached hydrogen (secondary N) is 2. The highest BCUT2D eigenvalue weighted by Crippen LogP contribution is 2.09. The maximum atomic E-state index is 12.1. The first kappa shape index (κ1) is 16.0. The van der Waals surface area contributed by atoms with Gasteiger partial charge in [0, 0.05) is 24.7 Å². The van der Waals surface area contributed by atoms with Crippen LogP contribution < -0.4 is 10.6 Å². The Hall–Kier alpha value is -1.39. The third-order valence-corrected chi connectivity index (χ3v) is 4.27. The lowest BCUT2D eigenvalue weighted by Crippen LogP contribution is -2.44. The monoisotopic (exact) mass is 289 g/mol. The van der Waals surface area contributed by atoms with Crippen molar-refractivity contribution in [3.63, 3.8) is 0 Å². The Morgan fingerprint density at radius 2 is 1.95 bits per heavy atom. The molecule has 0 bridgehead atoms. The van der Waals surface area contributed by atoms with Crippen molar-refractivity contribution < 1.29 is 4.79 Å². The molecule has 1 saturated heterocycles. The summed E-state index contributed by atoms with van der Waals surface area (Å²) in [4.78, 5) is 14.5. The number of benzene rings is 1. The van der Waals surface area contributed by atoms with Gasteiger partial charge in [0.15, 0.2) is 0 Å². The van der Waals surface area contributed by atoms with Crippen molar-refractivity contribution in [1.29, 1.82) is 0 Å². The van der Waals surface area contributed by atoms with E-state index < -0.39 is 0 Å². The predicted molar refractivity (Wildman–Crippen MR) is 86.7 cm³/mol. The summed E-state index contributed by atoms with van der Waals surface area (Å²) in [7, 11) is 0. The smallest absolute Gasteiger partial charge is 0.251 e. The van der Waals surface area contributed by atoms with Crippen LogP contribution in [-0.4, -0.2) is 49.6 Å². The molecule has 0 spiro atoms. The van der Waals surface area contributed by atoms with Crippen molar-refractivity contribution in [2.75, 3.05) is 32.7 Å². The molecule has 21 heavy (non-hydrogen) atoms. The van der Waals surface area contributed by atoms with E-state index in [1.54, 1.807) is 0 Å². The number of carbonyl (C=O) groups excluding carboxylic acids is 1. The molecule has 1 amide bonds. The van der Waals surface area contributed by atoms with Crippen LogP contribution in [0.25, 0.3) is 0 Å². The van der Waals surface area contributed by atoms with Crippen LogP contribution in [0.2, 0.25) is 0 Å². The van der Waals surface area contributed by atoms with E-state index in [-0.39, 0.29) is 5.91 Å². The van der Waals surface area contributed by atoms with Gasteiger partial charge in [0.05, 0.1) is 0 Å². The van der Waals surface area contributed by atoms with Crippen LogP contribution in [0.1, 0.15) is 35.7 Å². The molecule has 116 valence electrons. The highest BCUT2D eigenvalue weighted by molar-refractivity contribution is 5.95. The molecule has 2 N–H and O–H groups in total. The number of hydrogen-bond acceptors (Lipinski definition) is 3. The number of aryl methyl sites for hydroxylation is 1. The predicted octanol–water partition coefficient (Wildman–Crippen LogP) is 1.80. The molecule has 1 aromatic carbocycles. The van der Waals surface area contributed by atoms with E-state index in [2.05, 4.69) is 22.5 Å². The summed E-state index contributed by atoms with van der Waals surface area (Å²) >= 11 is 0. The standard InChI is InChI=1S/C17H27N3O/c1-3-20-12-8-15(9-13-20)18-10-11-19-17(21)16-7-5-4-6-14(16)2/h4-7,15,18H,3,8-13H2,1-2H3,(H,19,21). The first-order valence-electron chi connectivity index (χ1n) is 8.00. The molecule has 0 aliphatic carbocycles. The largest absolute Gasteiger partial charge is 0.351 e. The summed E-state index contributed by atoms with van der Waals surface area (Å²) in [5, 5.41) is 6.53. The molecule has 0 atom stereocenters. The Bertz CT molecular complexity index is 453. The zero-order chi connectivity index (χ0) is 15.1. The van der Waals surface area contributed by atoms with Crippen molar-refractivity contribution >= 4 is 5.91 Å². The van der Waals surface area contributed by atoms with E-state index in [4.69, 9.17) is 0 Å². The van der Waals surface area contributed by atoms with Crippen molar-refractivity contribution in [3.8, 4) is 0 Å². The van der Waals surface area contributed by atoms with Crippen molar-refractivity contribution in [1.82, 2.24) is 15.5 Å². The molecule has 2 rings (SSSR count). The minimum absolute atomic E-state index is 0.0238. The molecule has 4 nitrogen and oxygen atoms in total. The number of amides is 1. The van der Waals surface area contributed by atoms with Crippen LogP contribution in [0.15, 0.2) is 24.3 Å². The minimum atomic E-state index is 0.0238. The summed E-state index contributed by atoms with van der Waals surface area (Å²) in [5.74, 6) is 0.0238. The molecule has 1 aliphatic heterocycles. The maximum Gasteiger partial charge on any atom is 0.251 e. The van der Waals surface area contributed by atoms with E-state index in [1.807, 2.05) is 31.2 Å². The van der Waals surface area contributed by atoms with Gasteiger partial charge in [-0.25, -0.2) is 0 Å². The van der Waals surface area contributed by atoms with Crippen LogP contribution >= 0.6 is 0 Å². The third-order valence-electron chi connectivity index (χ3n) is 4.27. The normalized spacial score (nSPS) is 16.9. The van der Waals surface area contributed by atoms with Gasteiger partial charge in [0.2, 0.25) is 0 Å². The summed E-state index contributed by atoms with van der Waals surface area (Å²) < 4.78 is 0. The second kappa shape index (κ2) is 8.15. The number of piperidine rings is 1. The summed E-state index contributed by atoms with van der Waals surface area (Å²) in [5.41, 5.74) is 1.80. The molecule has 1 aliphatic rings. The van der Waals surface area contributed by atoms with Crippen LogP contribution in [0.3, 0.4) is 0 Å². The van der Waals surface area contributed by atoms with Crippen LogP contribution in [0.4, 0.5) is 0 Å². The second-order valence-corrected chi connectivity index (χ2v) is 5.73. The van der Waals surface area contributed by atoms with Gasteiger partial charge in [-0.1, -0.05) is 25.1 Å². The highest BCUT2D eigenvalue weighted by Gasteiger charge is 2.17. The molecule has 0 radical (unpaired) electrons.